The number of carbonyl (C=O) groups is 1. The van der Waals surface area contributed by atoms with Crippen LogP contribution in [0.3, 0.4) is 0 Å². The predicted octanol–water partition coefficient (Wildman–Crippen LogP) is 2.74. The number of benzene rings is 1. The summed E-state index contributed by atoms with van der Waals surface area (Å²) in [4.78, 5) is 11.0. The number of carboxylic acids is 1. The highest BCUT2D eigenvalue weighted by Crippen LogP contribution is 2.22. The zero-order valence-corrected chi connectivity index (χ0v) is 9.77. The molecule has 0 heterocycles. The van der Waals surface area contributed by atoms with Gasteiger partial charge in [-0.25, -0.2) is 0 Å². The van der Waals surface area contributed by atoms with E-state index < -0.39 is 5.97 Å². The van der Waals surface area contributed by atoms with E-state index in [2.05, 4.69) is 0 Å². The summed E-state index contributed by atoms with van der Waals surface area (Å²) in [5.41, 5.74) is 0.971. The van der Waals surface area contributed by atoms with Crippen molar-refractivity contribution in [2.24, 2.45) is 5.92 Å². The predicted molar refractivity (Wildman–Crippen MR) is 62.7 cm³/mol. The fourth-order valence-electron chi connectivity index (χ4n) is 1.64. The summed E-state index contributed by atoms with van der Waals surface area (Å²) < 4.78 is 5.47. The van der Waals surface area contributed by atoms with Gasteiger partial charge in [0.2, 0.25) is 0 Å². The van der Waals surface area contributed by atoms with Crippen molar-refractivity contribution >= 4 is 5.97 Å². The van der Waals surface area contributed by atoms with Crippen molar-refractivity contribution in [3.05, 3.63) is 29.8 Å². The lowest BCUT2D eigenvalue weighted by molar-refractivity contribution is -0.141. The molecular formula is C13H18O3. The van der Waals surface area contributed by atoms with Crippen molar-refractivity contribution < 1.29 is 14.6 Å². The van der Waals surface area contributed by atoms with Gasteiger partial charge in [0.05, 0.1) is 12.5 Å². The summed E-state index contributed by atoms with van der Waals surface area (Å²) >= 11 is 0. The molecule has 0 bridgehead atoms. The van der Waals surface area contributed by atoms with Gasteiger partial charge in [0, 0.05) is 0 Å². The minimum absolute atomic E-state index is 0.332. The maximum Gasteiger partial charge on any atom is 0.306 e. The molecule has 0 saturated carbocycles. The quantitative estimate of drug-likeness (QED) is 0.805. The van der Waals surface area contributed by atoms with Crippen LogP contribution in [0.15, 0.2) is 24.3 Å². The summed E-state index contributed by atoms with van der Waals surface area (Å²) in [5.74, 6) is -0.278. The largest absolute Gasteiger partial charge is 0.494 e. The van der Waals surface area contributed by atoms with E-state index in [9.17, 15) is 4.79 Å². The highest BCUT2D eigenvalue weighted by Gasteiger charge is 2.17. The van der Waals surface area contributed by atoms with Gasteiger partial charge in [-0.3, -0.25) is 4.79 Å². The number of para-hydroxylation sites is 1. The van der Waals surface area contributed by atoms with Crippen LogP contribution in [0.5, 0.6) is 5.75 Å². The first-order valence-corrected chi connectivity index (χ1v) is 5.62. The molecule has 0 aliphatic heterocycles. The Hall–Kier alpha value is -1.51. The molecule has 3 heteroatoms. The molecule has 0 fully saturated rings. The fraction of sp³-hybridized carbons (Fsp3) is 0.462. The van der Waals surface area contributed by atoms with Crippen LogP contribution >= 0.6 is 0 Å². The maximum absolute atomic E-state index is 11.0. The van der Waals surface area contributed by atoms with Gasteiger partial charge >= 0.3 is 5.97 Å². The normalized spacial score (nSPS) is 12.1. The van der Waals surface area contributed by atoms with Crippen LogP contribution in [0.1, 0.15) is 25.8 Å². The Bertz CT molecular complexity index is 347. The van der Waals surface area contributed by atoms with E-state index in [0.29, 0.717) is 19.4 Å². The van der Waals surface area contributed by atoms with Gasteiger partial charge in [0.1, 0.15) is 5.75 Å². The van der Waals surface area contributed by atoms with Crippen LogP contribution in [-0.2, 0) is 11.2 Å². The Morgan fingerprint density at radius 3 is 2.62 bits per heavy atom. The molecule has 16 heavy (non-hydrogen) atoms. The molecular weight excluding hydrogens is 204 g/mol. The molecule has 0 saturated heterocycles. The number of hydrogen-bond acceptors (Lipinski definition) is 2. The Morgan fingerprint density at radius 1 is 1.38 bits per heavy atom. The molecule has 0 aliphatic rings. The Balaban J connectivity index is 2.82. The zero-order chi connectivity index (χ0) is 12.0. The molecule has 88 valence electrons. The average molecular weight is 222 g/mol. The van der Waals surface area contributed by atoms with Gasteiger partial charge in [-0.05, 0) is 31.4 Å². The minimum atomic E-state index is -0.742. The second-order valence-electron chi connectivity index (χ2n) is 3.69. The molecule has 1 atom stereocenters. The van der Waals surface area contributed by atoms with E-state index in [4.69, 9.17) is 9.84 Å². The molecule has 0 radical (unpaired) electrons. The molecule has 1 aromatic rings. The van der Waals surface area contributed by atoms with Crippen molar-refractivity contribution in [3.63, 3.8) is 0 Å². The van der Waals surface area contributed by atoms with Crippen LogP contribution in [0.4, 0.5) is 0 Å². The molecule has 3 nitrogen and oxygen atoms in total. The number of aliphatic carboxylic acids is 1. The molecule has 0 spiro atoms. The third kappa shape index (κ3) is 3.26. The monoisotopic (exact) mass is 222 g/mol. The van der Waals surface area contributed by atoms with Crippen molar-refractivity contribution in [1.29, 1.82) is 0 Å². The van der Waals surface area contributed by atoms with Crippen molar-refractivity contribution in [1.82, 2.24) is 0 Å². The van der Waals surface area contributed by atoms with Gasteiger partial charge in [-0.15, -0.1) is 0 Å². The van der Waals surface area contributed by atoms with Crippen LogP contribution in [0.2, 0.25) is 0 Å². The number of hydrogen-bond donors (Lipinski definition) is 1. The van der Waals surface area contributed by atoms with Gasteiger partial charge in [0.15, 0.2) is 0 Å². The summed E-state index contributed by atoms with van der Waals surface area (Å²) in [6, 6.07) is 7.62. The first-order chi connectivity index (χ1) is 7.69. The smallest absolute Gasteiger partial charge is 0.306 e. The highest BCUT2D eigenvalue weighted by atomic mass is 16.5. The first-order valence-electron chi connectivity index (χ1n) is 5.62. The van der Waals surface area contributed by atoms with Crippen molar-refractivity contribution in [2.45, 2.75) is 26.7 Å². The van der Waals surface area contributed by atoms with Crippen LogP contribution < -0.4 is 4.74 Å². The summed E-state index contributed by atoms with van der Waals surface area (Å²) in [6.45, 7) is 4.41. The van der Waals surface area contributed by atoms with Crippen LogP contribution in [-0.4, -0.2) is 17.7 Å². The highest BCUT2D eigenvalue weighted by molar-refractivity contribution is 5.70. The number of ether oxygens (including phenoxy) is 1. The van der Waals surface area contributed by atoms with Gasteiger partial charge in [0.25, 0.3) is 0 Å². The SMILES string of the molecule is CCOc1ccccc1CC(CC)C(=O)O. The Kier molecular flexibility index (Phi) is 4.83. The summed E-state index contributed by atoms with van der Waals surface area (Å²) in [6.07, 6.45) is 1.16. The third-order valence-corrected chi connectivity index (χ3v) is 2.58. The zero-order valence-electron chi connectivity index (χ0n) is 9.77. The molecule has 0 aliphatic carbocycles. The molecule has 0 aromatic heterocycles. The lowest BCUT2D eigenvalue weighted by Gasteiger charge is -2.13. The van der Waals surface area contributed by atoms with E-state index in [1.165, 1.54) is 0 Å². The first kappa shape index (κ1) is 12.6. The lowest BCUT2D eigenvalue weighted by Crippen LogP contribution is -2.15. The van der Waals surface area contributed by atoms with E-state index in [0.717, 1.165) is 11.3 Å². The maximum atomic E-state index is 11.0. The Morgan fingerprint density at radius 2 is 2.06 bits per heavy atom. The molecule has 1 rings (SSSR count). The Labute approximate surface area is 96.1 Å². The standard InChI is InChI=1S/C13H18O3/c1-3-10(13(14)15)9-11-7-5-6-8-12(11)16-4-2/h5-8,10H,3-4,9H2,1-2H3,(H,14,15). The second-order valence-corrected chi connectivity index (χ2v) is 3.69. The molecule has 1 aromatic carbocycles. The van der Waals surface area contributed by atoms with E-state index >= 15 is 0 Å². The van der Waals surface area contributed by atoms with E-state index in [1.807, 2.05) is 38.1 Å². The van der Waals surface area contributed by atoms with Crippen LogP contribution in [0, 0.1) is 5.92 Å². The number of carboxylic acid groups (broad SMARTS) is 1. The van der Waals surface area contributed by atoms with E-state index in [-0.39, 0.29) is 5.92 Å². The van der Waals surface area contributed by atoms with E-state index in [1.54, 1.807) is 0 Å². The third-order valence-electron chi connectivity index (χ3n) is 2.58. The van der Waals surface area contributed by atoms with Gasteiger partial charge < -0.3 is 9.84 Å². The molecule has 1 N–H and O–H groups in total. The molecule has 0 amide bonds. The lowest BCUT2D eigenvalue weighted by atomic mass is 9.96. The van der Waals surface area contributed by atoms with Gasteiger partial charge in [-0.2, -0.15) is 0 Å². The summed E-state index contributed by atoms with van der Waals surface area (Å²) in [7, 11) is 0. The number of rotatable bonds is 6. The van der Waals surface area contributed by atoms with Crippen molar-refractivity contribution in [2.75, 3.05) is 6.61 Å². The average Bonchev–Trinajstić information content (AvgIpc) is 2.27. The summed E-state index contributed by atoms with van der Waals surface area (Å²) in [5, 5.41) is 9.01. The minimum Gasteiger partial charge on any atom is -0.494 e. The topological polar surface area (TPSA) is 46.5 Å². The molecule has 1 unspecified atom stereocenters. The second kappa shape index (κ2) is 6.16. The van der Waals surface area contributed by atoms with Crippen LogP contribution in [0.25, 0.3) is 0 Å². The van der Waals surface area contributed by atoms with Crippen molar-refractivity contribution in [3.8, 4) is 5.75 Å². The van der Waals surface area contributed by atoms with Gasteiger partial charge in [-0.1, -0.05) is 25.1 Å². The fourth-order valence-corrected chi connectivity index (χ4v) is 1.64.